The first-order valence-electron chi connectivity index (χ1n) is 9.46. The summed E-state index contributed by atoms with van der Waals surface area (Å²) in [5, 5.41) is 11.1. The summed E-state index contributed by atoms with van der Waals surface area (Å²) in [4.78, 5) is 27.2. The van der Waals surface area contributed by atoms with Crippen molar-refractivity contribution in [1.82, 2.24) is 9.88 Å². The van der Waals surface area contributed by atoms with Gasteiger partial charge in [0.2, 0.25) is 0 Å². The molecule has 0 bridgehead atoms. The number of nitrogens with zero attached hydrogens (tertiary/aromatic N) is 1. The minimum atomic E-state index is -0.902. The van der Waals surface area contributed by atoms with Gasteiger partial charge in [0.1, 0.15) is 5.60 Å². The number of H-pyrrole nitrogens is 1. The molecule has 148 valence electrons. The maximum absolute atomic E-state index is 11.4. The summed E-state index contributed by atoms with van der Waals surface area (Å²) in [5.41, 5.74) is 1.83. The molecule has 2 aromatic carbocycles. The Labute approximate surface area is 164 Å². The lowest BCUT2D eigenvalue weighted by Gasteiger charge is -2.23. The van der Waals surface area contributed by atoms with Crippen LogP contribution in [0.15, 0.2) is 42.5 Å². The first-order chi connectivity index (χ1) is 13.2. The number of carboxylic acids is 1. The van der Waals surface area contributed by atoms with Crippen LogP contribution in [0.4, 0.5) is 4.79 Å². The summed E-state index contributed by atoms with van der Waals surface area (Å²) in [6.07, 6.45) is 2.05. The quantitative estimate of drug-likeness (QED) is 0.618. The number of aromatic nitrogens is 1. The highest BCUT2D eigenvalue weighted by molar-refractivity contribution is 6.08. The molecule has 1 fully saturated rings. The van der Waals surface area contributed by atoms with Crippen LogP contribution in [0.2, 0.25) is 0 Å². The Hall–Kier alpha value is -3.02. The molecule has 0 aliphatic carbocycles. The second-order valence-corrected chi connectivity index (χ2v) is 7.91. The first-order valence-corrected chi connectivity index (χ1v) is 9.46. The molecule has 2 heterocycles. The second-order valence-electron chi connectivity index (χ2n) is 7.91. The van der Waals surface area contributed by atoms with Crippen LogP contribution < -0.4 is 0 Å². The minimum Gasteiger partial charge on any atom is -0.478 e. The van der Waals surface area contributed by atoms with E-state index < -0.39 is 5.97 Å². The molecule has 2 N–H and O–H groups in total. The number of fused-ring (bicyclic) bond motifs is 3. The number of rotatable bonds is 1. The molecule has 6 nitrogen and oxygen atoms in total. The zero-order valence-electron chi connectivity index (χ0n) is 16.5. The third-order valence-corrected chi connectivity index (χ3v) is 4.51. The van der Waals surface area contributed by atoms with Crippen molar-refractivity contribution in [3.63, 3.8) is 0 Å². The van der Waals surface area contributed by atoms with Gasteiger partial charge in [-0.1, -0.05) is 24.3 Å². The number of benzene rings is 2. The fourth-order valence-electron chi connectivity index (χ4n) is 3.21. The first kappa shape index (κ1) is 19.7. The van der Waals surface area contributed by atoms with Crippen molar-refractivity contribution in [2.24, 2.45) is 0 Å². The van der Waals surface area contributed by atoms with Gasteiger partial charge in [0.25, 0.3) is 0 Å². The summed E-state index contributed by atoms with van der Waals surface area (Å²) in [7, 11) is 0. The van der Waals surface area contributed by atoms with Crippen molar-refractivity contribution in [2.75, 3.05) is 13.1 Å². The maximum atomic E-state index is 11.4. The lowest BCUT2D eigenvalue weighted by molar-refractivity contribution is 0.0295. The highest BCUT2D eigenvalue weighted by Gasteiger charge is 2.23. The molecule has 0 radical (unpaired) electrons. The van der Waals surface area contributed by atoms with Crippen LogP contribution in [0.1, 0.15) is 44.0 Å². The smallest absolute Gasteiger partial charge is 0.410 e. The molecule has 28 heavy (non-hydrogen) atoms. The van der Waals surface area contributed by atoms with Gasteiger partial charge in [-0.2, -0.15) is 0 Å². The van der Waals surface area contributed by atoms with E-state index in [1.165, 1.54) is 0 Å². The molecule has 3 aromatic rings. The van der Waals surface area contributed by atoms with Gasteiger partial charge in [0.05, 0.1) is 5.56 Å². The number of carbonyl (C=O) groups excluding carboxylic acids is 1. The number of nitrogens with one attached hydrogen (secondary N) is 1. The average Bonchev–Trinajstić information content (AvgIpc) is 3.28. The van der Waals surface area contributed by atoms with Crippen molar-refractivity contribution < 1.29 is 19.4 Å². The van der Waals surface area contributed by atoms with E-state index in [9.17, 15) is 9.59 Å². The molecular formula is C22H26N2O4. The topological polar surface area (TPSA) is 82.6 Å². The number of likely N-dealkylation sites (tertiary alicyclic amines) is 1. The molecule has 1 aliphatic rings. The number of hydrogen-bond donors (Lipinski definition) is 2. The van der Waals surface area contributed by atoms with Gasteiger partial charge in [0, 0.05) is 34.9 Å². The fraction of sp³-hybridized carbons (Fsp3) is 0.364. The van der Waals surface area contributed by atoms with Crippen LogP contribution in [0.3, 0.4) is 0 Å². The maximum Gasteiger partial charge on any atom is 0.410 e. The van der Waals surface area contributed by atoms with Crippen LogP contribution in [-0.4, -0.2) is 45.7 Å². The number of carboxylic acid groups (broad SMARTS) is 1. The Kier molecular flexibility index (Phi) is 5.58. The molecule has 0 unspecified atom stereocenters. The van der Waals surface area contributed by atoms with Gasteiger partial charge in [-0.25, -0.2) is 9.59 Å². The summed E-state index contributed by atoms with van der Waals surface area (Å²) < 4.78 is 5.21. The molecule has 1 aliphatic heterocycles. The van der Waals surface area contributed by atoms with E-state index in [1.54, 1.807) is 17.0 Å². The predicted octanol–water partition coefficient (Wildman–Crippen LogP) is 5.04. The molecule has 0 atom stereocenters. The monoisotopic (exact) mass is 382 g/mol. The van der Waals surface area contributed by atoms with Crippen LogP contribution in [-0.2, 0) is 4.74 Å². The Morgan fingerprint density at radius 1 is 1.00 bits per heavy atom. The SMILES string of the molecule is CC(C)(C)OC(=O)N1CCCC1.O=C(O)c1ccc2c(c1)[nH]c1ccccc12. The molecule has 1 amide bonds. The Morgan fingerprint density at radius 2 is 1.64 bits per heavy atom. The van der Waals surface area contributed by atoms with Crippen molar-refractivity contribution in [1.29, 1.82) is 0 Å². The zero-order valence-corrected chi connectivity index (χ0v) is 16.5. The van der Waals surface area contributed by atoms with Gasteiger partial charge in [-0.15, -0.1) is 0 Å². The standard InChI is InChI=1S/C13H9NO2.C9H17NO2/c15-13(16)8-5-6-10-9-3-1-2-4-11(9)14-12(10)7-8;1-9(2,3)12-8(11)10-6-4-5-7-10/h1-7,14H,(H,15,16);4-7H2,1-3H3. The van der Waals surface area contributed by atoms with Crippen molar-refractivity contribution in [3.05, 3.63) is 48.0 Å². The second kappa shape index (κ2) is 7.92. The van der Waals surface area contributed by atoms with Crippen molar-refractivity contribution in [3.8, 4) is 0 Å². The van der Waals surface area contributed by atoms with E-state index in [4.69, 9.17) is 9.84 Å². The third-order valence-electron chi connectivity index (χ3n) is 4.51. The minimum absolute atomic E-state index is 0.167. The molecule has 6 heteroatoms. The molecule has 4 rings (SSSR count). The van der Waals surface area contributed by atoms with E-state index in [0.717, 1.165) is 47.7 Å². The summed E-state index contributed by atoms with van der Waals surface area (Å²) in [6.45, 7) is 7.38. The van der Waals surface area contributed by atoms with Gasteiger partial charge in [0.15, 0.2) is 0 Å². The van der Waals surface area contributed by atoms with E-state index in [0.29, 0.717) is 5.56 Å². The average molecular weight is 382 g/mol. The number of ether oxygens (including phenoxy) is 1. The Bertz CT molecular complexity index is 995. The van der Waals surface area contributed by atoms with E-state index in [1.807, 2.05) is 51.1 Å². The number of aromatic amines is 1. The predicted molar refractivity (Wildman–Crippen MR) is 110 cm³/mol. The van der Waals surface area contributed by atoms with Gasteiger partial charge in [-0.3, -0.25) is 0 Å². The molecule has 0 spiro atoms. The highest BCUT2D eigenvalue weighted by Crippen LogP contribution is 2.25. The third kappa shape index (κ3) is 4.63. The zero-order chi connectivity index (χ0) is 20.3. The summed E-state index contributed by atoms with van der Waals surface area (Å²) in [5.74, 6) is -0.902. The van der Waals surface area contributed by atoms with E-state index in [-0.39, 0.29) is 11.7 Å². The highest BCUT2D eigenvalue weighted by atomic mass is 16.6. The van der Waals surface area contributed by atoms with Crippen LogP contribution >= 0.6 is 0 Å². The lowest BCUT2D eigenvalue weighted by atomic mass is 10.1. The number of para-hydroxylation sites is 1. The van der Waals surface area contributed by atoms with Gasteiger partial charge in [-0.05, 0) is 51.8 Å². The number of aromatic carboxylic acids is 1. The Balaban J connectivity index is 0.000000169. The van der Waals surface area contributed by atoms with Crippen molar-refractivity contribution >= 4 is 33.9 Å². The number of hydrogen-bond acceptors (Lipinski definition) is 3. The normalized spacial score (nSPS) is 14.0. The Morgan fingerprint density at radius 3 is 2.29 bits per heavy atom. The number of carbonyl (C=O) groups is 2. The van der Waals surface area contributed by atoms with E-state index in [2.05, 4.69) is 4.98 Å². The lowest BCUT2D eigenvalue weighted by Crippen LogP contribution is -2.34. The fourth-order valence-corrected chi connectivity index (χ4v) is 3.21. The number of amides is 1. The van der Waals surface area contributed by atoms with Crippen molar-refractivity contribution in [2.45, 2.75) is 39.2 Å². The van der Waals surface area contributed by atoms with Crippen LogP contribution in [0.5, 0.6) is 0 Å². The van der Waals surface area contributed by atoms with Gasteiger partial charge >= 0.3 is 12.1 Å². The molecule has 1 saturated heterocycles. The largest absolute Gasteiger partial charge is 0.478 e. The molecular weight excluding hydrogens is 356 g/mol. The van der Waals surface area contributed by atoms with Gasteiger partial charge < -0.3 is 19.7 Å². The van der Waals surface area contributed by atoms with Crippen LogP contribution in [0.25, 0.3) is 21.8 Å². The summed E-state index contributed by atoms with van der Waals surface area (Å²) in [6, 6.07) is 13.1. The molecule has 0 saturated carbocycles. The molecule has 1 aromatic heterocycles. The summed E-state index contributed by atoms with van der Waals surface area (Å²) >= 11 is 0. The van der Waals surface area contributed by atoms with E-state index >= 15 is 0 Å². The van der Waals surface area contributed by atoms with Crippen LogP contribution in [0, 0.1) is 0 Å².